The zero-order valence-electron chi connectivity index (χ0n) is 18.8. The molecule has 0 heterocycles. The van der Waals surface area contributed by atoms with Crippen LogP contribution in [-0.4, -0.2) is 0 Å². The van der Waals surface area contributed by atoms with Crippen LogP contribution in [0.3, 0.4) is 0 Å². The average molecular weight is 383 g/mol. The summed E-state index contributed by atoms with van der Waals surface area (Å²) < 4.78 is 0. The Kier molecular flexibility index (Phi) is 5.38. The minimum Gasteiger partial charge on any atom is -0.0619 e. The fourth-order valence-electron chi connectivity index (χ4n) is 5.02. The summed E-state index contributed by atoms with van der Waals surface area (Å²) >= 11 is 0. The van der Waals surface area contributed by atoms with Crippen molar-refractivity contribution >= 4 is 0 Å². The Bertz CT molecular complexity index is 945. The number of hydrogen-bond donors (Lipinski definition) is 0. The van der Waals surface area contributed by atoms with E-state index in [0.717, 1.165) is 6.42 Å². The highest BCUT2D eigenvalue weighted by molar-refractivity contribution is 5.79. The normalized spacial score (nSPS) is 13.4. The van der Waals surface area contributed by atoms with Crippen molar-refractivity contribution in [3.63, 3.8) is 0 Å². The molecule has 0 N–H and O–H groups in total. The van der Waals surface area contributed by atoms with Crippen LogP contribution in [0.15, 0.2) is 60.7 Å². The van der Waals surface area contributed by atoms with Crippen LogP contribution in [0.5, 0.6) is 0 Å². The number of rotatable bonds is 5. The van der Waals surface area contributed by atoms with Gasteiger partial charge in [0.05, 0.1) is 0 Å². The third-order valence-corrected chi connectivity index (χ3v) is 6.62. The second-order valence-electron chi connectivity index (χ2n) is 9.57. The second-order valence-corrected chi connectivity index (χ2v) is 9.57. The maximum atomic E-state index is 2.49. The van der Waals surface area contributed by atoms with Gasteiger partial charge in [-0.3, -0.25) is 0 Å². The van der Waals surface area contributed by atoms with Crippen molar-refractivity contribution in [2.45, 2.75) is 71.6 Å². The van der Waals surface area contributed by atoms with Crippen LogP contribution in [0.4, 0.5) is 0 Å². The van der Waals surface area contributed by atoms with Crippen LogP contribution in [0.25, 0.3) is 11.1 Å². The van der Waals surface area contributed by atoms with E-state index in [2.05, 4.69) is 102 Å². The molecule has 0 fully saturated rings. The van der Waals surface area contributed by atoms with E-state index in [4.69, 9.17) is 0 Å². The summed E-state index contributed by atoms with van der Waals surface area (Å²) in [6, 6.07) is 23.0. The van der Waals surface area contributed by atoms with Gasteiger partial charge in [0, 0.05) is 5.92 Å². The first-order valence-electron chi connectivity index (χ1n) is 11.2. The van der Waals surface area contributed by atoms with E-state index in [1.807, 2.05) is 0 Å². The van der Waals surface area contributed by atoms with Crippen molar-refractivity contribution in [3.8, 4) is 11.1 Å². The highest BCUT2D eigenvalue weighted by Crippen LogP contribution is 2.47. The molecule has 0 aliphatic heterocycles. The van der Waals surface area contributed by atoms with E-state index in [0.29, 0.717) is 23.7 Å². The summed E-state index contributed by atoms with van der Waals surface area (Å²) in [5.41, 5.74) is 12.0. The highest BCUT2D eigenvalue weighted by atomic mass is 14.3. The second kappa shape index (κ2) is 7.82. The molecule has 0 nitrogen and oxygen atoms in total. The predicted octanol–water partition coefficient (Wildman–Crippen LogP) is 8.41. The molecule has 0 saturated carbocycles. The Morgan fingerprint density at radius 1 is 0.621 bits per heavy atom. The van der Waals surface area contributed by atoms with Gasteiger partial charge in [0.1, 0.15) is 0 Å². The van der Waals surface area contributed by atoms with Crippen LogP contribution in [0.2, 0.25) is 0 Å². The molecule has 0 amide bonds. The van der Waals surface area contributed by atoms with Gasteiger partial charge in [-0.05, 0) is 68.7 Å². The molecule has 1 aliphatic rings. The lowest BCUT2D eigenvalue weighted by Crippen LogP contribution is -2.11. The summed E-state index contributed by atoms with van der Waals surface area (Å²) in [5.74, 6) is 2.08. The number of benzene rings is 3. The number of fused-ring (bicyclic) bond motifs is 3. The summed E-state index contributed by atoms with van der Waals surface area (Å²) in [4.78, 5) is 0. The van der Waals surface area contributed by atoms with Crippen molar-refractivity contribution < 1.29 is 0 Å². The third-order valence-electron chi connectivity index (χ3n) is 6.62. The molecule has 3 aromatic carbocycles. The first kappa shape index (κ1) is 20.0. The van der Waals surface area contributed by atoms with Gasteiger partial charge in [0.2, 0.25) is 0 Å². The minimum absolute atomic E-state index is 0.447. The van der Waals surface area contributed by atoms with Crippen molar-refractivity contribution in [2.75, 3.05) is 0 Å². The fourth-order valence-corrected chi connectivity index (χ4v) is 5.02. The first-order valence-corrected chi connectivity index (χ1v) is 11.2. The molecule has 1 aliphatic carbocycles. The van der Waals surface area contributed by atoms with Gasteiger partial charge in [0.15, 0.2) is 0 Å². The molecule has 0 radical (unpaired) electrons. The lowest BCUT2D eigenvalue weighted by molar-refractivity contribution is 0.739. The molecule has 0 spiro atoms. The smallest absolute Gasteiger partial charge is 0.0142 e. The van der Waals surface area contributed by atoms with E-state index in [9.17, 15) is 0 Å². The lowest BCUT2D eigenvalue weighted by atomic mass is 9.79. The average Bonchev–Trinajstić information content (AvgIpc) is 3.01. The van der Waals surface area contributed by atoms with Gasteiger partial charge >= 0.3 is 0 Å². The molecule has 150 valence electrons. The quantitative estimate of drug-likeness (QED) is 0.415. The molecular formula is C29H34. The van der Waals surface area contributed by atoms with Crippen molar-refractivity contribution in [1.29, 1.82) is 0 Å². The predicted molar refractivity (Wildman–Crippen MR) is 126 cm³/mol. The number of hydrogen-bond acceptors (Lipinski definition) is 0. The summed E-state index contributed by atoms with van der Waals surface area (Å²) in [5, 5.41) is 0. The minimum atomic E-state index is 0.447. The van der Waals surface area contributed by atoms with Crippen LogP contribution >= 0.6 is 0 Å². The summed E-state index contributed by atoms with van der Waals surface area (Å²) in [6.45, 7) is 14.0. The van der Waals surface area contributed by atoms with Crippen LogP contribution in [0, 0.1) is 0 Å². The summed E-state index contributed by atoms with van der Waals surface area (Å²) in [6.07, 6.45) is 1.09. The van der Waals surface area contributed by atoms with E-state index in [1.165, 1.54) is 27.8 Å². The Morgan fingerprint density at radius 2 is 1.07 bits per heavy atom. The fraction of sp³-hybridized carbons (Fsp3) is 0.379. The Morgan fingerprint density at radius 3 is 1.48 bits per heavy atom. The molecule has 0 aromatic heterocycles. The summed E-state index contributed by atoms with van der Waals surface area (Å²) in [7, 11) is 0. The van der Waals surface area contributed by atoms with Crippen molar-refractivity contribution in [3.05, 3.63) is 94.0 Å². The van der Waals surface area contributed by atoms with E-state index in [1.54, 1.807) is 16.7 Å². The molecule has 4 rings (SSSR count). The molecule has 0 unspecified atom stereocenters. The van der Waals surface area contributed by atoms with Gasteiger partial charge in [-0.2, -0.15) is 0 Å². The molecule has 0 atom stereocenters. The molecule has 3 aromatic rings. The van der Waals surface area contributed by atoms with E-state index >= 15 is 0 Å². The lowest BCUT2D eigenvalue weighted by Gasteiger charge is -2.25. The third kappa shape index (κ3) is 3.54. The zero-order valence-corrected chi connectivity index (χ0v) is 18.8. The SMILES string of the molecule is CC(C)c1cc(C(C)C)c(CC2c3ccccc3-c3ccccc32)c(C(C)C)c1. The van der Waals surface area contributed by atoms with Gasteiger partial charge in [-0.15, -0.1) is 0 Å². The van der Waals surface area contributed by atoms with E-state index < -0.39 is 0 Å². The topological polar surface area (TPSA) is 0 Å². The Hall–Kier alpha value is -2.34. The monoisotopic (exact) mass is 382 g/mol. The van der Waals surface area contributed by atoms with Gasteiger partial charge in [0.25, 0.3) is 0 Å². The van der Waals surface area contributed by atoms with Crippen molar-refractivity contribution in [1.82, 2.24) is 0 Å². The van der Waals surface area contributed by atoms with Crippen molar-refractivity contribution in [2.24, 2.45) is 0 Å². The standard InChI is InChI=1S/C29H34/c1-18(2)21-15-26(19(3)4)29(27(16-21)20(5)6)17-28-24-13-9-7-11-22(24)23-12-8-10-14-25(23)28/h7-16,18-20,28H,17H2,1-6H3. The van der Waals surface area contributed by atoms with Crippen LogP contribution in [0.1, 0.15) is 98.6 Å². The first-order chi connectivity index (χ1) is 13.9. The molecule has 0 saturated heterocycles. The van der Waals surface area contributed by atoms with Gasteiger partial charge in [-0.1, -0.05) is 102 Å². The maximum absolute atomic E-state index is 2.49. The largest absolute Gasteiger partial charge is 0.0619 e. The molecular weight excluding hydrogens is 348 g/mol. The highest BCUT2D eigenvalue weighted by Gasteiger charge is 2.30. The van der Waals surface area contributed by atoms with Crippen LogP contribution < -0.4 is 0 Å². The van der Waals surface area contributed by atoms with E-state index in [-0.39, 0.29) is 0 Å². The zero-order chi connectivity index (χ0) is 20.7. The molecule has 0 heteroatoms. The van der Waals surface area contributed by atoms with Gasteiger partial charge in [-0.25, -0.2) is 0 Å². The maximum Gasteiger partial charge on any atom is 0.0142 e. The molecule has 0 bridgehead atoms. The Balaban J connectivity index is 1.88. The Labute approximate surface area is 177 Å². The van der Waals surface area contributed by atoms with Gasteiger partial charge < -0.3 is 0 Å². The molecule has 29 heavy (non-hydrogen) atoms. The van der Waals surface area contributed by atoms with Crippen LogP contribution in [-0.2, 0) is 6.42 Å².